The molecular weight excluding hydrogens is 248 g/mol. The number of hydrogen-bond donors (Lipinski definition) is 4. The number of hydrogen-bond acceptors (Lipinski definition) is 6. The van der Waals surface area contributed by atoms with Gasteiger partial charge in [-0.1, -0.05) is 0 Å². The normalized spacial score (nSPS) is 13.8. The van der Waals surface area contributed by atoms with E-state index in [4.69, 9.17) is 5.11 Å². The van der Waals surface area contributed by atoms with Gasteiger partial charge in [0.25, 0.3) is 0 Å². The van der Waals surface area contributed by atoms with Gasteiger partial charge in [-0.3, -0.25) is 5.32 Å². The molecule has 94 valence electrons. The highest BCUT2D eigenvalue weighted by Gasteiger charge is 2.30. The molecule has 8 nitrogen and oxygen atoms in total. The van der Waals surface area contributed by atoms with E-state index in [0.717, 1.165) is 18.5 Å². The van der Waals surface area contributed by atoms with Gasteiger partial charge >= 0.3 is 12.0 Å². The van der Waals surface area contributed by atoms with Crippen LogP contribution in [0.5, 0.6) is 0 Å². The maximum atomic E-state index is 11.3. The first kappa shape index (κ1) is 13.3. The summed E-state index contributed by atoms with van der Waals surface area (Å²) in [5.41, 5.74) is -2.01. The van der Waals surface area contributed by atoms with Crippen molar-refractivity contribution in [2.24, 2.45) is 0 Å². The van der Waals surface area contributed by atoms with Crippen LogP contribution in [0, 0.1) is 6.92 Å². The quantitative estimate of drug-likeness (QED) is 0.594. The number of carboxylic acids is 1. The summed E-state index contributed by atoms with van der Waals surface area (Å²) in [6, 6.07) is -0.650. The fraction of sp³-hybridized carbons (Fsp3) is 0.500. The van der Waals surface area contributed by atoms with Crippen LogP contribution in [0.4, 0.5) is 9.93 Å². The number of urea groups is 1. The van der Waals surface area contributed by atoms with Crippen LogP contribution in [-0.4, -0.2) is 43.7 Å². The molecule has 1 atom stereocenters. The van der Waals surface area contributed by atoms with Crippen molar-refractivity contribution in [3.05, 3.63) is 5.82 Å². The highest BCUT2D eigenvalue weighted by molar-refractivity contribution is 7.09. The lowest BCUT2D eigenvalue weighted by atomic mass is 10.1. The number of aryl methyl sites for hydroxylation is 1. The minimum atomic E-state index is -2.01. The Labute approximate surface area is 101 Å². The van der Waals surface area contributed by atoms with Crippen molar-refractivity contribution < 1.29 is 19.8 Å². The Morgan fingerprint density at radius 1 is 1.53 bits per heavy atom. The first-order chi connectivity index (χ1) is 7.81. The monoisotopic (exact) mass is 260 g/mol. The van der Waals surface area contributed by atoms with E-state index >= 15 is 0 Å². The van der Waals surface area contributed by atoms with E-state index in [-0.39, 0.29) is 0 Å². The second-order valence-corrected chi connectivity index (χ2v) is 4.29. The molecule has 0 radical (unpaired) electrons. The number of carboxylic acid groups (broad SMARTS) is 1. The van der Waals surface area contributed by atoms with Gasteiger partial charge in [0.15, 0.2) is 5.60 Å². The van der Waals surface area contributed by atoms with Crippen LogP contribution >= 0.6 is 11.5 Å². The van der Waals surface area contributed by atoms with Gasteiger partial charge in [0.1, 0.15) is 5.82 Å². The van der Waals surface area contributed by atoms with Crippen LogP contribution in [0.25, 0.3) is 0 Å². The fourth-order valence-corrected chi connectivity index (χ4v) is 1.39. The van der Waals surface area contributed by atoms with Gasteiger partial charge in [-0.25, -0.2) is 14.6 Å². The van der Waals surface area contributed by atoms with Crippen molar-refractivity contribution in [2.45, 2.75) is 19.4 Å². The van der Waals surface area contributed by atoms with Crippen molar-refractivity contribution in [1.82, 2.24) is 14.7 Å². The maximum Gasteiger partial charge on any atom is 0.337 e. The largest absolute Gasteiger partial charge is 0.479 e. The third-order valence-electron chi connectivity index (χ3n) is 1.80. The lowest BCUT2D eigenvalue weighted by Crippen LogP contribution is -2.47. The predicted octanol–water partition coefficient (Wildman–Crippen LogP) is -0.196. The smallest absolute Gasteiger partial charge is 0.337 e. The summed E-state index contributed by atoms with van der Waals surface area (Å²) in [5, 5.41) is 22.8. The zero-order valence-electron chi connectivity index (χ0n) is 9.22. The molecule has 0 saturated carbocycles. The number of aliphatic carboxylic acids is 1. The fourth-order valence-electron chi connectivity index (χ4n) is 0.817. The molecule has 1 aromatic rings. The molecule has 1 aromatic heterocycles. The van der Waals surface area contributed by atoms with Crippen molar-refractivity contribution in [2.75, 3.05) is 11.9 Å². The minimum absolute atomic E-state index is 0.301. The number of carbonyl (C=O) groups is 2. The van der Waals surface area contributed by atoms with Crippen LogP contribution in [-0.2, 0) is 4.79 Å². The van der Waals surface area contributed by atoms with Crippen molar-refractivity contribution in [3.8, 4) is 0 Å². The van der Waals surface area contributed by atoms with Crippen LogP contribution < -0.4 is 10.6 Å². The van der Waals surface area contributed by atoms with Crippen molar-refractivity contribution in [1.29, 1.82) is 0 Å². The summed E-state index contributed by atoms with van der Waals surface area (Å²) in [6.07, 6.45) is 0. The third-order valence-corrected chi connectivity index (χ3v) is 2.52. The SMILES string of the molecule is Cc1nsc(NC(=O)NCC(C)(O)C(=O)O)n1. The molecule has 0 aliphatic heterocycles. The van der Waals surface area contributed by atoms with Crippen molar-refractivity contribution >= 4 is 28.7 Å². The van der Waals surface area contributed by atoms with Crippen LogP contribution in [0.1, 0.15) is 12.7 Å². The molecule has 17 heavy (non-hydrogen) atoms. The number of nitrogens with one attached hydrogen (secondary N) is 2. The Morgan fingerprint density at radius 3 is 2.65 bits per heavy atom. The molecular formula is C8H12N4O4S. The molecule has 1 unspecified atom stereocenters. The standard InChI is InChI=1S/C8H12N4O4S/c1-4-10-7(17-12-4)11-6(15)9-3-8(2,16)5(13)14/h16H,3H2,1-2H3,(H,13,14)(H2,9,10,11,12,15). The average molecular weight is 260 g/mol. The van der Waals surface area contributed by atoms with E-state index < -0.39 is 24.1 Å². The number of nitrogens with zero attached hydrogens (tertiary/aromatic N) is 2. The molecule has 0 bridgehead atoms. The predicted molar refractivity (Wildman–Crippen MR) is 59.9 cm³/mol. The molecule has 0 aromatic carbocycles. The Morgan fingerprint density at radius 2 is 2.18 bits per heavy atom. The highest BCUT2D eigenvalue weighted by atomic mass is 32.1. The summed E-state index contributed by atoms with van der Waals surface area (Å²) in [7, 11) is 0. The Hall–Kier alpha value is -1.74. The highest BCUT2D eigenvalue weighted by Crippen LogP contribution is 2.09. The molecule has 4 N–H and O–H groups in total. The average Bonchev–Trinajstić information content (AvgIpc) is 2.61. The molecule has 1 heterocycles. The summed E-state index contributed by atoms with van der Waals surface area (Å²) in [6.45, 7) is 2.35. The number of aliphatic hydroxyl groups is 1. The first-order valence-corrected chi connectivity index (χ1v) is 5.39. The first-order valence-electron chi connectivity index (χ1n) is 4.62. The third kappa shape index (κ3) is 3.96. The van der Waals surface area contributed by atoms with Gasteiger partial charge in [0.05, 0.1) is 6.54 Å². The maximum absolute atomic E-state index is 11.3. The Bertz CT molecular complexity index is 431. The van der Waals surface area contributed by atoms with E-state index in [1.54, 1.807) is 6.92 Å². The van der Waals surface area contributed by atoms with E-state index in [1.165, 1.54) is 0 Å². The molecule has 2 amide bonds. The molecule has 9 heteroatoms. The van der Waals surface area contributed by atoms with Crippen LogP contribution in [0.2, 0.25) is 0 Å². The van der Waals surface area contributed by atoms with Gasteiger partial charge in [-0.2, -0.15) is 4.37 Å². The topological polar surface area (TPSA) is 124 Å². The van der Waals surface area contributed by atoms with Gasteiger partial charge in [0.2, 0.25) is 5.13 Å². The lowest BCUT2D eigenvalue weighted by molar-refractivity contribution is -0.155. The minimum Gasteiger partial charge on any atom is -0.479 e. The number of rotatable bonds is 4. The summed E-state index contributed by atoms with van der Waals surface area (Å²) in [4.78, 5) is 25.7. The van der Waals surface area contributed by atoms with E-state index in [1.807, 2.05) is 0 Å². The number of anilines is 1. The number of aromatic nitrogens is 2. The summed E-state index contributed by atoms with van der Waals surface area (Å²) in [5.74, 6) is -0.882. The lowest BCUT2D eigenvalue weighted by Gasteiger charge is -2.17. The van der Waals surface area contributed by atoms with Gasteiger partial charge in [-0.15, -0.1) is 0 Å². The summed E-state index contributed by atoms with van der Waals surface area (Å²) >= 11 is 1.01. The number of carbonyl (C=O) groups excluding carboxylic acids is 1. The molecule has 0 aliphatic carbocycles. The van der Waals surface area contributed by atoms with Crippen molar-refractivity contribution in [3.63, 3.8) is 0 Å². The zero-order chi connectivity index (χ0) is 13.1. The van der Waals surface area contributed by atoms with E-state index in [9.17, 15) is 14.7 Å². The van der Waals surface area contributed by atoms with Gasteiger partial charge < -0.3 is 15.5 Å². The Balaban J connectivity index is 2.43. The number of amides is 2. The van der Waals surface area contributed by atoms with Crippen LogP contribution in [0.15, 0.2) is 0 Å². The molecule has 0 saturated heterocycles. The Kier molecular flexibility index (Phi) is 3.97. The second-order valence-electron chi connectivity index (χ2n) is 3.53. The van der Waals surface area contributed by atoms with E-state index in [0.29, 0.717) is 11.0 Å². The molecule has 0 spiro atoms. The van der Waals surface area contributed by atoms with Gasteiger partial charge in [-0.05, 0) is 13.8 Å². The second kappa shape index (κ2) is 5.06. The molecule has 0 fully saturated rings. The van der Waals surface area contributed by atoms with Gasteiger partial charge in [0, 0.05) is 11.5 Å². The van der Waals surface area contributed by atoms with Crippen LogP contribution in [0.3, 0.4) is 0 Å². The zero-order valence-corrected chi connectivity index (χ0v) is 10.0. The molecule has 1 rings (SSSR count). The molecule has 0 aliphatic rings. The van der Waals surface area contributed by atoms with E-state index in [2.05, 4.69) is 20.0 Å². The summed E-state index contributed by atoms with van der Waals surface area (Å²) < 4.78 is 3.85.